The zero-order valence-electron chi connectivity index (χ0n) is 18.0. The Balaban J connectivity index is 1.26. The normalized spacial score (nSPS) is 19.8. The molecule has 168 valence electrons. The molecule has 1 fully saturated rings. The molecule has 0 bridgehead atoms. The molecule has 2 aromatic carbocycles. The van der Waals surface area contributed by atoms with E-state index >= 15 is 0 Å². The SMILES string of the molecule is CCCC(NC(=O)C1CC(NC(=O)OCC2c3ccccc3-c3ccccc32)C1)C(=O)O. The molecule has 3 N–H and O–H groups in total. The predicted octanol–water partition coefficient (Wildman–Crippen LogP) is 3.67. The second-order valence-electron chi connectivity index (χ2n) is 8.52. The highest BCUT2D eigenvalue weighted by Gasteiger charge is 2.37. The lowest BCUT2D eigenvalue weighted by atomic mass is 9.79. The van der Waals surface area contributed by atoms with Gasteiger partial charge < -0.3 is 20.5 Å². The fraction of sp³-hybridized carbons (Fsp3) is 0.400. The first-order chi connectivity index (χ1) is 15.5. The maximum atomic E-state index is 12.3. The van der Waals surface area contributed by atoms with Crippen LogP contribution in [0.4, 0.5) is 4.79 Å². The molecule has 2 aliphatic rings. The molecular formula is C25H28N2O5. The molecule has 0 aromatic heterocycles. The number of amides is 2. The number of alkyl carbamates (subject to hydrolysis) is 1. The van der Waals surface area contributed by atoms with Crippen molar-refractivity contribution in [3.63, 3.8) is 0 Å². The minimum absolute atomic E-state index is 0.000385. The zero-order valence-corrected chi connectivity index (χ0v) is 18.0. The van der Waals surface area contributed by atoms with Crippen molar-refractivity contribution in [1.82, 2.24) is 10.6 Å². The van der Waals surface area contributed by atoms with E-state index in [1.807, 2.05) is 31.2 Å². The van der Waals surface area contributed by atoms with E-state index < -0.39 is 18.1 Å². The van der Waals surface area contributed by atoms with E-state index in [0.29, 0.717) is 25.7 Å². The Morgan fingerprint density at radius 2 is 1.62 bits per heavy atom. The van der Waals surface area contributed by atoms with E-state index in [1.165, 1.54) is 11.1 Å². The summed E-state index contributed by atoms with van der Waals surface area (Å²) in [6.45, 7) is 2.12. The molecule has 2 aromatic rings. The number of hydrogen-bond acceptors (Lipinski definition) is 4. The summed E-state index contributed by atoms with van der Waals surface area (Å²) in [7, 11) is 0. The van der Waals surface area contributed by atoms with Gasteiger partial charge in [0.05, 0.1) is 0 Å². The summed E-state index contributed by atoms with van der Waals surface area (Å²) in [5.74, 6) is -1.57. The van der Waals surface area contributed by atoms with Crippen molar-refractivity contribution >= 4 is 18.0 Å². The van der Waals surface area contributed by atoms with E-state index in [9.17, 15) is 19.5 Å². The van der Waals surface area contributed by atoms with Crippen LogP contribution in [0.1, 0.15) is 49.7 Å². The van der Waals surface area contributed by atoms with Gasteiger partial charge in [-0.05, 0) is 41.5 Å². The predicted molar refractivity (Wildman–Crippen MR) is 119 cm³/mol. The average Bonchev–Trinajstić information content (AvgIpc) is 3.08. The molecule has 0 saturated heterocycles. The minimum atomic E-state index is -1.02. The van der Waals surface area contributed by atoms with Gasteiger partial charge in [-0.25, -0.2) is 9.59 Å². The third-order valence-corrected chi connectivity index (χ3v) is 6.37. The zero-order chi connectivity index (χ0) is 22.7. The number of benzene rings is 2. The molecule has 1 unspecified atom stereocenters. The highest BCUT2D eigenvalue weighted by atomic mass is 16.5. The number of rotatable bonds is 8. The number of ether oxygens (including phenoxy) is 1. The number of carbonyl (C=O) groups excluding carboxylic acids is 2. The highest BCUT2D eigenvalue weighted by Crippen LogP contribution is 2.44. The van der Waals surface area contributed by atoms with Crippen LogP contribution in [0.3, 0.4) is 0 Å². The van der Waals surface area contributed by atoms with Crippen LogP contribution in [-0.2, 0) is 14.3 Å². The summed E-state index contributed by atoms with van der Waals surface area (Å²) in [5.41, 5.74) is 4.66. The summed E-state index contributed by atoms with van der Waals surface area (Å²) >= 11 is 0. The standard InChI is InChI=1S/C25H28N2O5/c1-2-7-22(24(29)30)27-23(28)15-12-16(13-15)26-25(31)32-14-21-19-10-5-3-8-17(19)18-9-4-6-11-20(18)21/h3-6,8-11,15-16,21-22H,2,7,12-14H2,1H3,(H,26,31)(H,27,28)(H,29,30). The monoisotopic (exact) mass is 436 g/mol. The van der Waals surface area contributed by atoms with Crippen LogP contribution in [0.2, 0.25) is 0 Å². The van der Waals surface area contributed by atoms with E-state index in [2.05, 4.69) is 34.9 Å². The molecule has 0 aliphatic heterocycles. The van der Waals surface area contributed by atoms with E-state index in [1.54, 1.807) is 0 Å². The number of carboxylic acids is 1. The molecule has 32 heavy (non-hydrogen) atoms. The maximum absolute atomic E-state index is 12.3. The van der Waals surface area contributed by atoms with Gasteiger partial charge in [0.2, 0.25) is 5.91 Å². The lowest BCUT2D eigenvalue weighted by molar-refractivity contribution is -0.143. The summed E-state index contributed by atoms with van der Waals surface area (Å²) in [6, 6.07) is 15.3. The molecule has 2 amide bonds. The van der Waals surface area contributed by atoms with Gasteiger partial charge in [-0.3, -0.25) is 4.79 Å². The number of aliphatic carboxylic acids is 1. The van der Waals surface area contributed by atoms with E-state index in [4.69, 9.17) is 4.74 Å². The van der Waals surface area contributed by atoms with E-state index in [-0.39, 0.29) is 30.4 Å². The summed E-state index contributed by atoms with van der Waals surface area (Å²) < 4.78 is 5.54. The van der Waals surface area contributed by atoms with Gasteiger partial charge in [0, 0.05) is 17.9 Å². The first-order valence-corrected chi connectivity index (χ1v) is 11.1. The van der Waals surface area contributed by atoms with Gasteiger partial charge in [-0.1, -0.05) is 61.9 Å². The van der Waals surface area contributed by atoms with Crippen molar-refractivity contribution in [2.45, 2.75) is 50.6 Å². The van der Waals surface area contributed by atoms with Crippen LogP contribution in [-0.4, -0.2) is 41.8 Å². The average molecular weight is 437 g/mol. The number of fused-ring (bicyclic) bond motifs is 3. The summed E-state index contributed by atoms with van der Waals surface area (Å²) in [4.78, 5) is 35.8. The van der Waals surface area contributed by atoms with Crippen LogP contribution in [0, 0.1) is 5.92 Å². The lowest BCUT2D eigenvalue weighted by Gasteiger charge is -2.35. The van der Waals surface area contributed by atoms with Crippen LogP contribution >= 0.6 is 0 Å². The topological polar surface area (TPSA) is 105 Å². The largest absolute Gasteiger partial charge is 0.480 e. The Morgan fingerprint density at radius 3 is 2.19 bits per heavy atom. The molecule has 0 heterocycles. The van der Waals surface area contributed by atoms with Crippen molar-refractivity contribution in [2.24, 2.45) is 5.92 Å². The Morgan fingerprint density at radius 1 is 1.03 bits per heavy atom. The maximum Gasteiger partial charge on any atom is 0.407 e. The Hall–Kier alpha value is -3.35. The first kappa shape index (κ1) is 21.9. The van der Waals surface area contributed by atoms with Crippen molar-refractivity contribution < 1.29 is 24.2 Å². The molecule has 2 aliphatic carbocycles. The summed E-state index contributed by atoms with van der Waals surface area (Å²) in [5, 5.41) is 14.6. The van der Waals surface area contributed by atoms with E-state index in [0.717, 1.165) is 11.1 Å². The van der Waals surface area contributed by atoms with Gasteiger partial charge in [0.25, 0.3) is 0 Å². The molecule has 7 nitrogen and oxygen atoms in total. The summed E-state index contributed by atoms with van der Waals surface area (Å²) in [6.07, 6.45) is 1.54. The van der Waals surface area contributed by atoms with Gasteiger partial charge in [-0.15, -0.1) is 0 Å². The van der Waals surface area contributed by atoms with Crippen molar-refractivity contribution in [3.05, 3.63) is 59.7 Å². The van der Waals surface area contributed by atoms with Crippen LogP contribution in [0.5, 0.6) is 0 Å². The van der Waals surface area contributed by atoms with Crippen LogP contribution in [0.15, 0.2) is 48.5 Å². The molecule has 0 spiro atoms. The van der Waals surface area contributed by atoms with Gasteiger partial charge in [0.15, 0.2) is 0 Å². The molecule has 4 rings (SSSR count). The third-order valence-electron chi connectivity index (χ3n) is 6.37. The molecular weight excluding hydrogens is 408 g/mol. The third kappa shape index (κ3) is 4.47. The quantitative estimate of drug-likeness (QED) is 0.586. The fourth-order valence-electron chi connectivity index (χ4n) is 4.59. The molecule has 1 saturated carbocycles. The molecule has 1 atom stereocenters. The number of carboxylic acid groups (broad SMARTS) is 1. The Labute approximate surface area is 187 Å². The van der Waals surface area contributed by atoms with Gasteiger partial charge in [-0.2, -0.15) is 0 Å². The minimum Gasteiger partial charge on any atom is -0.480 e. The number of nitrogens with one attached hydrogen (secondary N) is 2. The number of hydrogen-bond donors (Lipinski definition) is 3. The van der Waals surface area contributed by atoms with Crippen molar-refractivity contribution in [1.29, 1.82) is 0 Å². The van der Waals surface area contributed by atoms with Gasteiger partial charge in [0.1, 0.15) is 12.6 Å². The second-order valence-corrected chi connectivity index (χ2v) is 8.52. The molecule has 7 heteroatoms. The van der Waals surface area contributed by atoms with Crippen molar-refractivity contribution in [2.75, 3.05) is 6.61 Å². The Bertz CT molecular complexity index is 969. The van der Waals surface area contributed by atoms with Crippen LogP contribution < -0.4 is 10.6 Å². The van der Waals surface area contributed by atoms with Crippen molar-refractivity contribution in [3.8, 4) is 11.1 Å². The second kappa shape index (κ2) is 9.42. The van der Waals surface area contributed by atoms with Crippen LogP contribution in [0.25, 0.3) is 11.1 Å². The Kier molecular flexibility index (Phi) is 6.44. The van der Waals surface area contributed by atoms with Gasteiger partial charge >= 0.3 is 12.1 Å². The molecule has 0 radical (unpaired) electrons. The fourth-order valence-corrected chi connectivity index (χ4v) is 4.59. The smallest absolute Gasteiger partial charge is 0.407 e. The highest BCUT2D eigenvalue weighted by molar-refractivity contribution is 5.85. The first-order valence-electron chi connectivity index (χ1n) is 11.1. The number of carbonyl (C=O) groups is 3. The lowest BCUT2D eigenvalue weighted by Crippen LogP contribution is -2.52.